The van der Waals surface area contributed by atoms with Gasteiger partial charge in [-0.05, 0) is 38.5 Å². The van der Waals surface area contributed by atoms with Crippen LogP contribution < -0.4 is 5.32 Å². The normalized spacial score (nSPS) is 11.7. The summed E-state index contributed by atoms with van der Waals surface area (Å²) in [4.78, 5) is 29.1. The van der Waals surface area contributed by atoms with Crippen LogP contribution in [0.2, 0.25) is 10.0 Å². The summed E-state index contributed by atoms with van der Waals surface area (Å²) >= 11 is 13.1. The number of thioether (sulfide) groups is 1. The molecule has 0 spiro atoms. The van der Waals surface area contributed by atoms with Gasteiger partial charge in [0.15, 0.2) is 11.9 Å². The van der Waals surface area contributed by atoms with Crippen LogP contribution in [0.4, 0.5) is 5.82 Å². The van der Waals surface area contributed by atoms with Crippen LogP contribution in [0, 0.1) is 13.8 Å². The van der Waals surface area contributed by atoms with E-state index in [1.807, 2.05) is 32.0 Å². The molecule has 5 nitrogen and oxygen atoms in total. The van der Waals surface area contributed by atoms with Crippen LogP contribution in [0.15, 0.2) is 35.4 Å². The number of rotatable bonds is 6. The first-order valence-corrected chi connectivity index (χ1v) is 9.52. The molecule has 0 aliphatic rings. The van der Waals surface area contributed by atoms with Crippen molar-refractivity contribution >= 4 is 52.7 Å². The fourth-order valence-corrected chi connectivity index (χ4v) is 3.34. The summed E-state index contributed by atoms with van der Waals surface area (Å²) in [5, 5.41) is 3.07. The fourth-order valence-electron chi connectivity index (χ4n) is 2.01. The van der Waals surface area contributed by atoms with E-state index >= 15 is 0 Å². The van der Waals surface area contributed by atoms with Crippen LogP contribution in [0.5, 0.6) is 0 Å². The van der Waals surface area contributed by atoms with Gasteiger partial charge in [0, 0.05) is 11.1 Å². The first-order valence-electron chi connectivity index (χ1n) is 7.77. The van der Waals surface area contributed by atoms with Gasteiger partial charge < -0.3 is 10.1 Å². The van der Waals surface area contributed by atoms with Gasteiger partial charge in [-0.2, -0.15) is 0 Å². The summed E-state index contributed by atoms with van der Waals surface area (Å²) in [7, 11) is 0. The lowest BCUT2D eigenvalue weighted by molar-refractivity contribution is -0.150. The highest BCUT2D eigenvalue weighted by Crippen LogP contribution is 2.24. The maximum Gasteiger partial charge on any atom is 0.317 e. The SMILES string of the molecule is Cc1ccc(C)c(SCC(=O)O[C@@H](C)C(=O)Nc2ncc(Cl)cc2Cl)c1. The third-order valence-electron chi connectivity index (χ3n) is 3.42. The lowest BCUT2D eigenvalue weighted by atomic mass is 10.2. The van der Waals surface area contributed by atoms with Crippen molar-refractivity contribution in [3.05, 3.63) is 51.6 Å². The summed E-state index contributed by atoms with van der Waals surface area (Å²) in [5.41, 5.74) is 2.20. The standard InChI is InChI=1S/C18H18Cl2N2O3S/c1-10-4-5-11(2)15(6-10)26-9-16(23)25-12(3)18(24)22-17-14(20)7-13(19)8-21-17/h4-8,12H,9H2,1-3H3,(H,21,22,24)/t12-/m0/s1. The van der Waals surface area contributed by atoms with Gasteiger partial charge in [-0.15, -0.1) is 11.8 Å². The molecule has 0 unspecified atom stereocenters. The smallest absolute Gasteiger partial charge is 0.317 e. The highest BCUT2D eigenvalue weighted by atomic mass is 35.5. The van der Waals surface area contributed by atoms with Gasteiger partial charge in [-0.25, -0.2) is 4.98 Å². The lowest BCUT2D eigenvalue weighted by Crippen LogP contribution is -2.30. The summed E-state index contributed by atoms with van der Waals surface area (Å²) in [6, 6.07) is 7.49. The van der Waals surface area contributed by atoms with Crippen molar-refractivity contribution in [2.45, 2.75) is 31.8 Å². The van der Waals surface area contributed by atoms with Gasteiger partial charge in [0.1, 0.15) is 0 Å². The summed E-state index contributed by atoms with van der Waals surface area (Å²) in [6.45, 7) is 5.45. The van der Waals surface area contributed by atoms with Gasteiger partial charge in [0.25, 0.3) is 5.91 Å². The Morgan fingerprint density at radius 3 is 2.69 bits per heavy atom. The van der Waals surface area contributed by atoms with Crippen molar-refractivity contribution in [2.75, 3.05) is 11.1 Å². The van der Waals surface area contributed by atoms with Crippen LogP contribution in [0.3, 0.4) is 0 Å². The van der Waals surface area contributed by atoms with Crippen molar-refractivity contribution in [3.63, 3.8) is 0 Å². The van der Waals surface area contributed by atoms with Gasteiger partial charge in [-0.1, -0.05) is 40.9 Å². The minimum absolute atomic E-state index is 0.113. The molecular weight excluding hydrogens is 395 g/mol. The molecule has 1 N–H and O–H groups in total. The van der Waals surface area contributed by atoms with E-state index in [1.165, 1.54) is 30.9 Å². The second-order valence-electron chi connectivity index (χ2n) is 5.66. The number of carbonyl (C=O) groups excluding carboxylic acids is 2. The highest BCUT2D eigenvalue weighted by molar-refractivity contribution is 8.00. The molecular formula is C18H18Cl2N2O3S. The molecule has 0 aliphatic heterocycles. The number of anilines is 1. The van der Waals surface area contributed by atoms with Crippen LogP contribution in [-0.4, -0.2) is 28.7 Å². The Hall–Kier alpha value is -1.76. The van der Waals surface area contributed by atoms with E-state index in [1.54, 1.807) is 0 Å². The number of nitrogens with one attached hydrogen (secondary N) is 1. The van der Waals surface area contributed by atoms with Crippen LogP contribution in [0.25, 0.3) is 0 Å². The molecule has 1 amide bonds. The number of aromatic nitrogens is 1. The number of benzene rings is 1. The van der Waals surface area contributed by atoms with E-state index in [4.69, 9.17) is 27.9 Å². The number of esters is 1. The molecule has 2 aromatic rings. The van der Waals surface area contributed by atoms with E-state index in [2.05, 4.69) is 10.3 Å². The van der Waals surface area contributed by atoms with Crippen LogP contribution in [0.1, 0.15) is 18.1 Å². The zero-order valence-corrected chi connectivity index (χ0v) is 16.8. The Labute approximate surface area is 166 Å². The number of amides is 1. The highest BCUT2D eigenvalue weighted by Gasteiger charge is 2.19. The second kappa shape index (κ2) is 9.26. The third kappa shape index (κ3) is 5.90. The predicted octanol–water partition coefficient (Wildman–Crippen LogP) is 4.67. The molecule has 1 aromatic carbocycles. The Kier molecular flexibility index (Phi) is 7.32. The number of carbonyl (C=O) groups is 2. The molecule has 0 aliphatic carbocycles. The van der Waals surface area contributed by atoms with Crippen molar-refractivity contribution in [2.24, 2.45) is 0 Å². The summed E-state index contributed by atoms with van der Waals surface area (Å²) in [5.74, 6) is -0.726. The Morgan fingerprint density at radius 1 is 1.27 bits per heavy atom. The number of hydrogen-bond acceptors (Lipinski definition) is 5. The number of halogens is 2. The number of pyridine rings is 1. The zero-order valence-electron chi connectivity index (χ0n) is 14.5. The summed E-state index contributed by atoms with van der Waals surface area (Å²) < 4.78 is 5.17. The molecule has 138 valence electrons. The van der Waals surface area contributed by atoms with Gasteiger partial charge >= 0.3 is 5.97 Å². The number of aryl methyl sites for hydroxylation is 2. The maximum atomic E-state index is 12.1. The predicted molar refractivity (Wildman–Crippen MR) is 105 cm³/mol. The average Bonchev–Trinajstić information content (AvgIpc) is 2.58. The van der Waals surface area contributed by atoms with E-state index in [9.17, 15) is 9.59 Å². The summed E-state index contributed by atoms with van der Waals surface area (Å²) in [6.07, 6.45) is 0.385. The number of nitrogens with zero attached hydrogens (tertiary/aromatic N) is 1. The molecule has 0 saturated heterocycles. The molecule has 26 heavy (non-hydrogen) atoms. The van der Waals surface area contributed by atoms with Crippen LogP contribution in [-0.2, 0) is 14.3 Å². The minimum Gasteiger partial charge on any atom is -0.452 e. The zero-order chi connectivity index (χ0) is 19.3. The van der Waals surface area contributed by atoms with Crippen LogP contribution >= 0.6 is 35.0 Å². The number of hydrogen-bond donors (Lipinski definition) is 1. The van der Waals surface area contributed by atoms with E-state index in [0.29, 0.717) is 5.02 Å². The Balaban J connectivity index is 1.87. The molecule has 2 rings (SSSR count). The second-order valence-corrected chi connectivity index (χ2v) is 7.52. The third-order valence-corrected chi connectivity index (χ3v) is 5.04. The molecule has 0 fully saturated rings. The molecule has 0 bridgehead atoms. The molecule has 1 heterocycles. The van der Waals surface area contributed by atoms with E-state index in [0.717, 1.165) is 16.0 Å². The fraction of sp³-hybridized carbons (Fsp3) is 0.278. The lowest BCUT2D eigenvalue weighted by Gasteiger charge is -2.14. The van der Waals surface area contributed by atoms with Crippen molar-refractivity contribution in [3.8, 4) is 0 Å². The van der Waals surface area contributed by atoms with E-state index in [-0.39, 0.29) is 16.6 Å². The number of ether oxygens (including phenoxy) is 1. The largest absolute Gasteiger partial charge is 0.452 e. The molecule has 0 radical (unpaired) electrons. The molecule has 1 atom stereocenters. The maximum absolute atomic E-state index is 12.1. The molecule has 8 heteroatoms. The van der Waals surface area contributed by atoms with Crippen molar-refractivity contribution in [1.29, 1.82) is 0 Å². The first kappa shape index (κ1) is 20.6. The van der Waals surface area contributed by atoms with Gasteiger partial charge in [-0.3, -0.25) is 9.59 Å². The Morgan fingerprint density at radius 2 is 2.00 bits per heavy atom. The van der Waals surface area contributed by atoms with Gasteiger partial charge in [0.05, 0.1) is 15.8 Å². The Bertz CT molecular complexity index is 830. The average molecular weight is 413 g/mol. The monoisotopic (exact) mass is 412 g/mol. The van der Waals surface area contributed by atoms with Crippen molar-refractivity contribution < 1.29 is 14.3 Å². The van der Waals surface area contributed by atoms with Gasteiger partial charge in [0.2, 0.25) is 0 Å². The first-order chi connectivity index (χ1) is 12.3. The molecule has 1 aromatic heterocycles. The minimum atomic E-state index is -0.977. The van der Waals surface area contributed by atoms with E-state index < -0.39 is 18.0 Å². The topological polar surface area (TPSA) is 68.3 Å². The molecule has 0 saturated carbocycles. The quantitative estimate of drug-likeness (QED) is 0.551. The van der Waals surface area contributed by atoms with Crippen molar-refractivity contribution in [1.82, 2.24) is 4.98 Å².